The van der Waals surface area contributed by atoms with E-state index in [1.807, 2.05) is 4.90 Å². The Morgan fingerprint density at radius 3 is 2.39 bits per heavy atom. The molecule has 0 unspecified atom stereocenters. The van der Waals surface area contributed by atoms with Crippen LogP contribution in [0.5, 0.6) is 0 Å². The predicted octanol–water partition coefficient (Wildman–Crippen LogP) is 1.21. The highest BCUT2D eigenvalue weighted by molar-refractivity contribution is 5.84. The maximum atomic E-state index is 12.0. The van der Waals surface area contributed by atoms with Crippen LogP contribution in [0.2, 0.25) is 0 Å². The molecule has 5 heteroatoms. The average Bonchev–Trinajstić information content (AvgIpc) is 2.55. The SMILES string of the molecule is Cc1ccc(CCCC(=O)NCC(=O)N2CCN(C)CC2)cc1. The summed E-state index contributed by atoms with van der Waals surface area (Å²) in [6, 6.07) is 8.38. The van der Waals surface area contributed by atoms with E-state index in [1.165, 1.54) is 11.1 Å². The van der Waals surface area contributed by atoms with Crippen LogP contribution in [0.15, 0.2) is 24.3 Å². The van der Waals surface area contributed by atoms with E-state index >= 15 is 0 Å². The molecule has 0 aliphatic carbocycles. The van der Waals surface area contributed by atoms with Crippen LogP contribution in [-0.4, -0.2) is 61.4 Å². The fourth-order valence-electron chi connectivity index (χ4n) is 2.64. The molecule has 0 aromatic heterocycles. The molecule has 1 fully saturated rings. The minimum absolute atomic E-state index is 0.0185. The molecule has 1 heterocycles. The van der Waals surface area contributed by atoms with Gasteiger partial charge in [-0.25, -0.2) is 0 Å². The number of benzene rings is 1. The molecule has 1 aromatic rings. The largest absolute Gasteiger partial charge is 0.347 e. The van der Waals surface area contributed by atoms with Gasteiger partial charge in [0.1, 0.15) is 0 Å². The molecule has 2 rings (SSSR count). The van der Waals surface area contributed by atoms with E-state index < -0.39 is 0 Å². The molecule has 0 bridgehead atoms. The van der Waals surface area contributed by atoms with Gasteiger partial charge in [-0.15, -0.1) is 0 Å². The first-order chi connectivity index (χ1) is 11.0. The number of piperazine rings is 1. The average molecular weight is 317 g/mol. The van der Waals surface area contributed by atoms with Crippen molar-refractivity contribution in [1.82, 2.24) is 15.1 Å². The first kappa shape index (κ1) is 17.5. The summed E-state index contributed by atoms with van der Waals surface area (Å²) in [5.41, 5.74) is 2.49. The number of nitrogens with one attached hydrogen (secondary N) is 1. The van der Waals surface area contributed by atoms with Crippen LogP contribution in [0.4, 0.5) is 0 Å². The van der Waals surface area contributed by atoms with E-state index in [0.717, 1.165) is 39.0 Å². The highest BCUT2D eigenvalue weighted by atomic mass is 16.2. The molecule has 23 heavy (non-hydrogen) atoms. The maximum absolute atomic E-state index is 12.0. The van der Waals surface area contributed by atoms with E-state index in [1.54, 1.807) is 0 Å². The molecular weight excluding hydrogens is 290 g/mol. The van der Waals surface area contributed by atoms with Crippen LogP contribution < -0.4 is 5.32 Å². The minimum Gasteiger partial charge on any atom is -0.347 e. The number of aryl methyl sites for hydroxylation is 2. The number of nitrogens with zero attached hydrogens (tertiary/aromatic N) is 2. The number of hydrogen-bond acceptors (Lipinski definition) is 3. The van der Waals surface area contributed by atoms with Crippen molar-refractivity contribution in [2.75, 3.05) is 39.8 Å². The Morgan fingerprint density at radius 1 is 1.09 bits per heavy atom. The number of carbonyl (C=O) groups excluding carboxylic acids is 2. The Balaban J connectivity index is 1.61. The lowest BCUT2D eigenvalue weighted by molar-refractivity contribution is -0.134. The van der Waals surface area contributed by atoms with Crippen molar-refractivity contribution in [2.24, 2.45) is 0 Å². The zero-order valence-electron chi connectivity index (χ0n) is 14.2. The standard InChI is InChI=1S/C18H27N3O2/c1-15-6-8-16(9-7-15)4-3-5-17(22)19-14-18(23)21-12-10-20(2)11-13-21/h6-9H,3-5,10-14H2,1-2H3,(H,19,22). The monoisotopic (exact) mass is 317 g/mol. The van der Waals surface area contributed by atoms with Gasteiger partial charge in [0.25, 0.3) is 0 Å². The Kier molecular flexibility index (Phi) is 6.59. The number of amides is 2. The van der Waals surface area contributed by atoms with Gasteiger partial charge >= 0.3 is 0 Å². The molecule has 2 amide bonds. The van der Waals surface area contributed by atoms with Gasteiger partial charge in [0.05, 0.1) is 6.54 Å². The molecule has 1 aliphatic heterocycles. The van der Waals surface area contributed by atoms with Gasteiger partial charge in [0.15, 0.2) is 0 Å². The van der Waals surface area contributed by atoms with Crippen molar-refractivity contribution in [3.8, 4) is 0 Å². The van der Waals surface area contributed by atoms with E-state index in [0.29, 0.717) is 6.42 Å². The summed E-state index contributed by atoms with van der Waals surface area (Å²) in [6.07, 6.45) is 2.15. The molecule has 1 N–H and O–H groups in total. The Morgan fingerprint density at radius 2 is 1.74 bits per heavy atom. The lowest BCUT2D eigenvalue weighted by Crippen LogP contribution is -2.50. The number of hydrogen-bond donors (Lipinski definition) is 1. The van der Waals surface area contributed by atoms with Crippen molar-refractivity contribution in [3.05, 3.63) is 35.4 Å². The molecule has 0 radical (unpaired) electrons. The van der Waals surface area contributed by atoms with Gasteiger partial charge in [-0.3, -0.25) is 9.59 Å². The van der Waals surface area contributed by atoms with Crippen molar-refractivity contribution < 1.29 is 9.59 Å². The maximum Gasteiger partial charge on any atom is 0.242 e. The summed E-state index contributed by atoms with van der Waals surface area (Å²) >= 11 is 0. The summed E-state index contributed by atoms with van der Waals surface area (Å²) in [4.78, 5) is 27.9. The second-order valence-corrected chi connectivity index (χ2v) is 6.30. The van der Waals surface area contributed by atoms with Gasteiger partial charge in [-0.1, -0.05) is 29.8 Å². The van der Waals surface area contributed by atoms with Crippen LogP contribution in [0.25, 0.3) is 0 Å². The minimum atomic E-state index is -0.0420. The van der Waals surface area contributed by atoms with Crippen molar-refractivity contribution in [2.45, 2.75) is 26.2 Å². The molecule has 126 valence electrons. The zero-order chi connectivity index (χ0) is 16.7. The summed E-state index contributed by atoms with van der Waals surface area (Å²) in [5, 5.41) is 2.74. The third-order valence-electron chi connectivity index (χ3n) is 4.28. The Bertz CT molecular complexity index is 520. The van der Waals surface area contributed by atoms with Crippen LogP contribution in [0.1, 0.15) is 24.0 Å². The normalized spacial score (nSPS) is 15.5. The quantitative estimate of drug-likeness (QED) is 0.858. The van der Waals surface area contributed by atoms with Crippen molar-refractivity contribution in [3.63, 3.8) is 0 Å². The van der Waals surface area contributed by atoms with E-state index in [9.17, 15) is 9.59 Å². The molecule has 5 nitrogen and oxygen atoms in total. The molecule has 0 saturated carbocycles. The summed E-state index contributed by atoms with van der Waals surface area (Å²) in [7, 11) is 2.05. The topological polar surface area (TPSA) is 52.7 Å². The van der Waals surface area contributed by atoms with Crippen LogP contribution in [-0.2, 0) is 16.0 Å². The first-order valence-electron chi connectivity index (χ1n) is 8.33. The summed E-state index contributed by atoms with van der Waals surface area (Å²) in [5.74, 6) is -0.0235. The smallest absolute Gasteiger partial charge is 0.242 e. The highest BCUT2D eigenvalue weighted by Gasteiger charge is 2.19. The van der Waals surface area contributed by atoms with Crippen molar-refractivity contribution >= 4 is 11.8 Å². The summed E-state index contributed by atoms with van der Waals surface area (Å²) < 4.78 is 0. The molecule has 1 aromatic carbocycles. The van der Waals surface area contributed by atoms with E-state index in [-0.39, 0.29) is 18.4 Å². The number of likely N-dealkylation sites (N-methyl/N-ethyl adjacent to an activating group) is 1. The predicted molar refractivity (Wildman–Crippen MR) is 91.2 cm³/mol. The molecule has 0 atom stereocenters. The van der Waals surface area contributed by atoms with Crippen LogP contribution in [0.3, 0.4) is 0 Å². The van der Waals surface area contributed by atoms with Crippen LogP contribution >= 0.6 is 0 Å². The fourth-order valence-corrected chi connectivity index (χ4v) is 2.64. The summed E-state index contributed by atoms with van der Waals surface area (Å²) in [6.45, 7) is 5.48. The fraction of sp³-hybridized carbons (Fsp3) is 0.556. The molecular formula is C18H27N3O2. The lowest BCUT2D eigenvalue weighted by atomic mass is 10.1. The molecule has 0 spiro atoms. The number of rotatable bonds is 6. The Labute approximate surface area is 138 Å². The lowest BCUT2D eigenvalue weighted by Gasteiger charge is -2.32. The van der Waals surface area contributed by atoms with Gasteiger partial charge in [-0.2, -0.15) is 0 Å². The third-order valence-corrected chi connectivity index (χ3v) is 4.28. The first-order valence-corrected chi connectivity index (χ1v) is 8.33. The van der Waals surface area contributed by atoms with Gasteiger partial charge in [0, 0.05) is 32.6 Å². The van der Waals surface area contributed by atoms with E-state index in [4.69, 9.17) is 0 Å². The van der Waals surface area contributed by atoms with Gasteiger partial charge < -0.3 is 15.1 Å². The third kappa shape index (κ3) is 6.02. The highest BCUT2D eigenvalue weighted by Crippen LogP contribution is 2.07. The van der Waals surface area contributed by atoms with Gasteiger partial charge in [-0.05, 0) is 32.4 Å². The molecule has 1 aliphatic rings. The zero-order valence-corrected chi connectivity index (χ0v) is 14.2. The number of carbonyl (C=O) groups is 2. The van der Waals surface area contributed by atoms with Gasteiger partial charge in [0.2, 0.25) is 11.8 Å². The second-order valence-electron chi connectivity index (χ2n) is 6.30. The van der Waals surface area contributed by atoms with Crippen LogP contribution in [0, 0.1) is 6.92 Å². The molecule has 1 saturated heterocycles. The van der Waals surface area contributed by atoms with E-state index in [2.05, 4.69) is 48.5 Å². The Hall–Kier alpha value is -1.88. The van der Waals surface area contributed by atoms with Crippen molar-refractivity contribution in [1.29, 1.82) is 0 Å². The second kappa shape index (κ2) is 8.67.